The Kier molecular flexibility index (Phi) is 6.55. The minimum absolute atomic E-state index is 0.131. The van der Waals surface area contributed by atoms with E-state index in [2.05, 4.69) is 6.07 Å². The molecule has 0 fully saturated rings. The fraction of sp³-hybridized carbons (Fsp3) is 0.211. The number of alkyl halides is 1. The lowest BCUT2D eigenvalue weighted by Crippen LogP contribution is -2.33. The van der Waals surface area contributed by atoms with Crippen molar-refractivity contribution in [2.24, 2.45) is 0 Å². The van der Waals surface area contributed by atoms with Gasteiger partial charge in [-0.25, -0.2) is 4.79 Å². The van der Waals surface area contributed by atoms with Crippen LogP contribution in [0.25, 0.3) is 0 Å². The van der Waals surface area contributed by atoms with Crippen LogP contribution in [0, 0.1) is 11.3 Å². The molecule has 0 N–H and O–H groups in total. The van der Waals surface area contributed by atoms with Crippen LogP contribution in [0.2, 0.25) is 0 Å². The van der Waals surface area contributed by atoms with Crippen molar-refractivity contribution in [1.29, 1.82) is 5.26 Å². The summed E-state index contributed by atoms with van der Waals surface area (Å²) in [6.07, 6.45) is 0. The molecule has 0 atom stereocenters. The van der Waals surface area contributed by atoms with Gasteiger partial charge in [0, 0.05) is 0 Å². The zero-order valence-electron chi connectivity index (χ0n) is 13.7. The molecule has 2 rings (SSSR count). The summed E-state index contributed by atoms with van der Waals surface area (Å²) in [5, 5.41) is 9.26. The van der Waals surface area contributed by atoms with Gasteiger partial charge in [-0.3, -0.25) is 4.79 Å². The van der Waals surface area contributed by atoms with Crippen LogP contribution in [0.3, 0.4) is 0 Å². The Hall–Kier alpha value is -2.84. The van der Waals surface area contributed by atoms with Gasteiger partial charge in [-0.1, -0.05) is 30.3 Å². The Labute approximate surface area is 151 Å². The number of benzene rings is 2. The highest BCUT2D eigenvalue weighted by atomic mass is 35.5. The molecular weight excluding hydrogens is 340 g/mol. The summed E-state index contributed by atoms with van der Waals surface area (Å²) in [6, 6.07) is 15.8. The number of anilines is 1. The maximum atomic E-state index is 12.4. The monoisotopic (exact) mass is 356 g/mol. The number of carbonyl (C=O) groups excluding carboxylic acids is 2. The smallest absolute Gasteiger partial charge is 0.340 e. The van der Waals surface area contributed by atoms with Crippen molar-refractivity contribution in [1.82, 2.24) is 0 Å². The predicted molar refractivity (Wildman–Crippen MR) is 95.5 cm³/mol. The van der Waals surface area contributed by atoms with E-state index < -0.39 is 5.97 Å². The van der Waals surface area contributed by atoms with Gasteiger partial charge in [0.2, 0.25) is 5.91 Å². The van der Waals surface area contributed by atoms with Crippen molar-refractivity contribution in [3.63, 3.8) is 0 Å². The van der Waals surface area contributed by atoms with Crippen LogP contribution in [0.15, 0.2) is 48.5 Å². The van der Waals surface area contributed by atoms with E-state index in [-0.39, 0.29) is 30.5 Å². The number of nitrogens with zero attached hydrogens (tertiary/aromatic N) is 2. The lowest BCUT2D eigenvalue weighted by molar-refractivity contribution is -0.116. The summed E-state index contributed by atoms with van der Waals surface area (Å²) in [5.74, 6) is -1.13. The van der Waals surface area contributed by atoms with Gasteiger partial charge in [-0.2, -0.15) is 5.26 Å². The Morgan fingerprint density at radius 2 is 1.84 bits per heavy atom. The number of ether oxygens (including phenoxy) is 1. The lowest BCUT2D eigenvalue weighted by atomic mass is 10.1. The molecule has 0 bridgehead atoms. The Morgan fingerprint density at radius 1 is 1.16 bits per heavy atom. The van der Waals surface area contributed by atoms with Crippen LogP contribution in [-0.4, -0.2) is 24.4 Å². The van der Waals surface area contributed by atoms with Crippen molar-refractivity contribution in [2.45, 2.75) is 13.5 Å². The predicted octanol–water partition coefficient (Wildman–Crippen LogP) is 3.51. The highest BCUT2D eigenvalue weighted by molar-refractivity contribution is 6.29. The molecule has 0 aliphatic carbocycles. The van der Waals surface area contributed by atoms with Gasteiger partial charge in [0.15, 0.2) is 0 Å². The number of hydrogen-bond acceptors (Lipinski definition) is 4. The minimum atomic E-state index is -0.515. The molecule has 25 heavy (non-hydrogen) atoms. The summed E-state index contributed by atoms with van der Waals surface area (Å²) in [6.45, 7) is 2.07. The Bertz CT molecular complexity index is 814. The number of hydrogen-bond donors (Lipinski definition) is 0. The quantitative estimate of drug-likeness (QED) is 0.586. The van der Waals surface area contributed by atoms with Crippen molar-refractivity contribution < 1.29 is 14.3 Å². The van der Waals surface area contributed by atoms with Crippen molar-refractivity contribution in [3.05, 3.63) is 65.2 Å². The van der Waals surface area contributed by atoms with Crippen LogP contribution in [0.4, 0.5) is 5.69 Å². The fourth-order valence-electron chi connectivity index (χ4n) is 2.41. The molecule has 0 aliphatic heterocycles. The summed E-state index contributed by atoms with van der Waals surface area (Å²) < 4.78 is 5.07. The van der Waals surface area contributed by atoms with Crippen molar-refractivity contribution in [3.8, 4) is 6.07 Å². The molecule has 0 saturated heterocycles. The Balaban J connectivity index is 2.48. The van der Waals surface area contributed by atoms with E-state index in [0.717, 1.165) is 0 Å². The van der Waals surface area contributed by atoms with Gasteiger partial charge >= 0.3 is 5.97 Å². The first kappa shape index (κ1) is 18.5. The third-order valence-electron chi connectivity index (χ3n) is 3.57. The van der Waals surface area contributed by atoms with Gasteiger partial charge in [-0.05, 0) is 30.7 Å². The molecule has 0 spiro atoms. The maximum Gasteiger partial charge on any atom is 0.340 e. The molecule has 6 heteroatoms. The molecule has 2 aromatic carbocycles. The van der Waals surface area contributed by atoms with E-state index in [9.17, 15) is 14.9 Å². The van der Waals surface area contributed by atoms with Gasteiger partial charge < -0.3 is 9.64 Å². The number of nitriles is 1. The molecule has 0 heterocycles. The third-order valence-corrected chi connectivity index (χ3v) is 3.80. The molecule has 0 aliphatic rings. The molecule has 0 aromatic heterocycles. The van der Waals surface area contributed by atoms with E-state index in [1.807, 2.05) is 0 Å². The van der Waals surface area contributed by atoms with Crippen LogP contribution >= 0.6 is 11.6 Å². The van der Waals surface area contributed by atoms with E-state index in [1.54, 1.807) is 55.5 Å². The summed E-state index contributed by atoms with van der Waals surface area (Å²) in [7, 11) is 0. The third kappa shape index (κ3) is 4.37. The van der Waals surface area contributed by atoms with E-state index in [4.69, 9.17) is 16.3 Å². The van der Waals surface area contributed by atoms with Gasteiger partial charge in [0.1, 0.15) is 5.88 Å². The second kappa shape index (κ2) is 8.86. The fourth-order valence-corrected chi connectivity index (χ4v) is 2.55. The minimum Gasteiger partial charge on any atom is -0.462 e. The molecule has 0 radical (unpaired) electrons. The van der Waals surface area contributed by atoms with Gasteiger partial charge in [0.25, 0.3) is 0 Å². The standard InChI is InChI=1S/C19H17ClN2O3/c1-2-25-19(24)16-9-5-6-10-17(16)22(18(23)11-20)13-15-8-4-3-7-14(15)12-21/h3-10H,2,11,13H2,1H3. The molecule has 5 nitrogen and oxygen atoms in total. The first-order valence-corrected chi connectivity index (χ1v) is 8.26. The largest absolute Gasteiger partial charge is 0.462 e. The van der Waals surface area contributed by atoms with Gasteiger partial charge in [0.05, 0.1) is 36.0 Å². The van der Waals surface area contributed by atoms with Crippen LogP contribution in [0.1, 0.15) is 28.4 Å². The highest BCUT2D eigenvalue weighted by Gasteiger charge is 2.22. The molecule has 0 saturated carbocycles. The van der Waals surface area contributed by atoms with Crippen molar-refractivity contribution in [2.75, 3.05) is 17.4 Å². The van der Waals surface area contributed by atoms with Gasteiger partial charge in [-0.15, -0.1) is 11.6 Å². The number of esters is 1. The van der Waals surface area contributed by atoms with E-state index in [0.29, 0.717) is 16.8 Å². The maximum absolute atomic E-state index is 12.4. The van der Waals surface area contributed by atoms with E-state index >= 15 is 0 Å². The molecule has 2 aromatic rings. The lowest BCUT2D eigenvalue weighted by Gasteiger charge is -2.24. The average Bonchev–Trinajstić information content (AvgIpc) is 2.66. The molecule has 128 valence electrons. The number of para-hydroxylation sites is 1. The van der Waals surface area contributed by atoms with Crippen LogP contribution in [-0.2, 0) is 16.1 Å². The van der Waals surface area contributed by atoms with Crippen LogP contribution in [0.5, 0.6) is 0 Å². The summed E-state index contributed by atoms with van der Waals surface area (Å²) >= 11 is 5.76. The highest BCUT2D eigenvalue weighted by Crippen LogP contribution is 2.25. The number of carbonyl (C=O) groups is 2. The van der Waals surface area contributed by atoms with Crippen molar-refractivity contribution >= 4 is 29.2 Å². The van der Waals surface area contributed by atoms with Crippen LogP contribution < -0.4 is 4.90 Å². The second-order valence-corrected chi connectivity index (χ2v) is 5.39. The average molecular weight is 357 g/mol. The molecule has 0 unspecified atom stereocenters. The summed E-state index contributed by atoms with van der Waals surface area (Å²) in [4.78, 5) is 26.0. The molecule has 1 amide bonds. The van der Waals surface area contributed by atoms with E-state index in [1.165, 1.54) is 4.90 Å². The number of halogens is 1. The first-order valence-electron chi connectivity index (χ1n) is 7.72. The normalized spacial score (nSPS) is 9.96. The second-order valence-electron chi connectivity index (χ2n) is 5.12. The topological polar surface area (TPSA) is 70.4 Å². The first-order chi connectivity index (χ1) is 12.1. The Morgan fingerprint density at radius 3 is 2.52 bits per heavy atom. The SMILES string of the molecule is CCOC(=O)c1ccccc1N(Cc1ccccc1C#N)C(=O)CCl. The number of amides is 1. The number of rotatable bonds is 6. The zero-order valence-corrected chi connectivity index (χ0v) is 14.5. The molecular formula is C19H17ClN2O3. The zero-order chi connectivity index (χ0) is 18.2. The summed E-state index contributed by atoms with van der Waals surface area (Å²) in [5.41, 5.74) is 1.81.